The van der Waals surface area contributed by atoms with Crippen LogP contribution in [0.4, 0.5) is 0 Å². The molecule has 0 saturated carbocycles. The Bertz CT molecular complexity index is 116. The van der Waals surface area contributed by atoms with E-state index in [1.54, 1.807) is 0 Å². The van der Waals surface area contributed by atoms with Gasteiger partial charge in [-0.05, 0) is 0 Å². The van der Waals surface area contributed by atoms with E-state index in [-0.39, 0.29) is 0 Å². The maximum atomic E-state index is 9.51. The van der Waals surface area contributed by atoms with Crippen molar-refractivity contribution in [3.05, 3.63) is 10.1 Å². The summed E-state index contributed by atoms with van der Waals surface area (Å²) in [5.74, 6) is 0. The fourth-order valence-corrected chi connectivity index (χ4v) is 0. The third-order valence-corrected chi connectivity index (χ3v) is 3.38. The van der Waals surface area contributed by atoms with E-state index in [1.165, 1.54) is 0 Å². The Morgan fingerprint density at radius 1 is 1.27 bits per heavy atom. The summed E-state index contributed by atoms with van der Waals surface area (Å²) < 4.78 is -0.836. The molecular formula is C2H8Cl3N3O2Pt. The molecule has 74 valence electrons. The number of rotatable bonds is 2. The van der Waals surface area contributed by atoms with Crippen LogP contribution in [0.3, 0.4) is 0 Å². The number of nitrogens with zero attached hydrogens (tertiary/aromatic N) is 1. The second kappa shape index (κ2) is 7.52. The fourth-order valence-electron chi connectivity index (χ4n) is 0. The van der Waals surface area contributed by atoms with Gasteiger partial charge < -0.3 is 11.5 Å². The van der Waals surface area contributed by atoms with Crippen LogP contribution in [0.15, 0.2) is 0 Å². The summed E-state index contributed by atoms with van der Waals surface area (Å²) in [7, 11) is 14.6. The quantitative estimate of drug-likeness (QED) is 0.520. The van der Waals surface area contributed by atoms with Crippen molar-refractivity contribution in [1.29, 1.82) is 0 Å². The van der Waals surface area contributed by atoms with Crippen molar-refractivity contribution in [1.82, 2.24) is 0 Å². The molecule has 0 heterocycles. The molecule has 0 fully saturated rings. The van der Waals surface area contributed by atoms with Crippen molar-refractivity contribution in [2.75, 3.05) is 13.1 Å². The van der Waals surface area contributed by atoms with Gasteiger partial charge in [0.25, 0.3) is 0 Å². The van der Waals surface area contributed by atoms with Gasteiger partial charge in [-0.1, -0.05) is 0 Å². The molecule has 0 atom stereocenters. The maximum absolute atomic E-state index is 9.51. The molecule has 0 saturated heterocycles. The average molecular weight is 408 g/mol. The fraction of sp³-hybridized carbons (Fsp3) is 1.00. The second-order valence-corrected chi connectivity index (χ2v) is 15.5. The van der Waals surface area contributed by atoms with E-state index in [2.05, 4.69) is 0 Å². The molecule has 0 amide bonds. The first-order valence-electron chi connectivity index (χ1n) is 2.18. The first kappa shape index (κ1) is 14.4. The molecule has 0 aromatic rings. The van der Waals surface area contributed by atoms with E-state index in [9.17, 15) is 10.1 Å². The summed E-state index contributed by atoms with van der Waals surface area (Å²) in [5.41, 5.74) is 9.81. The van der Waals surface area contributed by atoms with Crippen molar-refractivity contribution in [3.8, 4) is 0 Å². The van der Waals surface area contributed by atoms with E-state index in [4.69, 9.17) is 39.7 Å². The van der Waals surface area contributed by atoms with Gasteiger partial charge in [-0.15, -0.1) is 0 Å². The zero-order valence-corrected chi connectivity index (χ0v) is 9.82. The summed E-state index contributed by atoms with van der Waals surface area (Å²) >= 11 is -3.97. The summed E-state index contributed by atoms with van der Waals surface area (Å²) in [6.45, 7) is 1.19. The minimum atomic E-state index is -3.97. The Morgan fingerprint density at radius 2 is 1.45 bits per heavy atom. The van der Waals surface area contributed by atoms with Crippen molar-refractivity contribution in [2.45, 2.75) is 0 Å². The molecule has 0 aliphatic rings. The zero-order valence-electron chi connectivity index (χ0n) is 5.28. The van der Waals surface area contributed by atoms with E-state index in [0.717, 1.165) is 0 Å². The molecular weight excluding hydrogens is 399 g/mol. The average Bonchev–Trinajstić information content (AvgIpc) is 1.87. The summed E-state index contributed by atoms with van der Waals surface area (Å²) in [6.07, 6.45) is 0. The van der Waals surface area contributed by atoms with Crippen LogP contribution < -0.4 is 11.5 Å². The first-order chi connectivity index (χ1) is 4.86. The molecule has 0 aromatic heterocycles. The molecule has 11 heavy (non-hydrogen) atoms. The van der Waals surface area contributed by atoms with Crippen molar-refractivity contribution in [3.63, 3.8) is 0 Å². The number of nitro groups is 1. The molecule has 0 bridgehead atoms. The predicted octanol–water partition coefficient (Wildman–Crippen LogP) is 0.697. The molecule has 4 N–H and O–H groups in total. The van der Waals surface area contributed by atoms with Gasteiger partial charge in [0, 0.05) is 13.1 Å². The molecule has 0 rings (SSSR count). The van der Waals surface area contributed by atoms with E-state index < -0.39 is 16.7 Å². The van der Waals surface area contributed by atoms with E-state index in [1.807, 2.05) is 0 Å². The van der Waals surface area contributed by atoms with Crippen LogP contribution in [0.25, 0.3) is 0 Å². The molecule has 0 aromatic carbocycles. The minimum absolute atomic E-state index is 0.597. The van der Waals surface area contributed by atoms with E-state index in [0.29, 0.717) is 13.1 Å². The van der Waals surface area contributed by atoms with Crippen LogP contribution in [-0.4, -0.2) is 16.6 Å². The van der Waals surface area contributed by atoms with Crippen LogP contribution >= 0.6 is 28.3 Å². The number of hydrogen-bond donors (Lipinski definition) is 2. The monoisotopic (exact) mass is 406 g/mol. The zero-order chi connectivity index (χ0) is 9.49. The van der Waals surface area contributed by atoms with Gasteiger partial charge in [0.2, 0.25) is 0 Å². The Balaban J connectivity index is 0. The van der Waals surface area contributed by atoms with Gasteiger partial charge in [0.05, 0.1) is 0 Å². The molecule has 5 nitrogen and oxygen atoms in total. The topological polar surface area (TPSA) is 95.2 Å². The number of nitrogens with two attached hydrogens (primary N) is 2. The first-order valence-corrected chi connectivity index (χ1v) is 11.6. The Hall–Kier alpha value is 0.878. The molecule has 0 aliphatic heterocycles. The van der Waals surface area contributed by atoms with Crippen LogP contribution in [-0.2, 0) is 13.2 Å². The number of hydrogen-bond acceptors (Lipinski definition) is 4. The van der Waals surface area contributed by atoms with Crippen LogP contribution in [0.5, 0.6) is 0 Å². The second-order valence-electron chi connectivity index (χ2n) is 1.06. The van der Waals surface area contributed by atoms with Crippen LogP contribution in [0, 0.1) is 10.1 Å². The van der Waals surface area contributed by atoms with Gasteiger partial charge in [-0.3, -0.25) is 0 Å². The van der Waals surface area contributed by atoms with Crippen LogP contribution in [0.1, 0.15) is 0 Å². The third kappa shape index (κ3) is 13.8. The third-order valence-electron chi connectivity index (χ3n) is 0.298. The van der Waals surface area contributed by atoms with Gasteiger partial charge >= 0.3 is 55.0 Å². The Kier molecular flexibility index (Phi) is 9.85. The van der Waals surface area contributed by atoms with E-state index >= 15 is 0 Å². The van der Waals surface area contributed by atoms with Gasteiger partial charge in [-0.25, -0.2) is 0 Å². The molecule has 0 unspecified atom stereocenters. The standard InChI is InChI=1S/C2H8N2.3ClH.NO2.Pt/c3-1-2-4;;;;2-1-3;/h1-4H2;3*1H;;/q;;;;;+3/p-3. The van der Waals surface area contributed by atoms with Gasteiger partial charge in [0.15, 0.2) is 0 Å². The van der Waals surface area contributed by atoms with Crippen molar-refractivity contribution >= 4 is 28.3 Å². The van der Waals surface area contributed by atoms with Crippen molar-refractivity contribution in [2.24, 2.45) is 11.5 Å². The SMILES string of the molecule is NCCN.O=[N+]([O-])[Pt]([Cl])([Cl])[Cl]. The normalized spacial score (nSPS) is 11.4. The molecule has 0 aliphatic carbocycles. The van der Waals surface area contributed by atoms with Gasteiger partial charge in [0.1, 0.15) is 0 Å². The summed E-state index contributed by atoms with van der Waals surface area (Å²) in [6, 6.07) is 0. The summed E-state index contributed by atoms with van der Waals surface area (Å²) in [5, 5.41) is 9.51. The Labute approximate surface area is 79.4 Å². The molecule has 9 heteroatoms. The van der Waals surface area contributed by atoms with Crippen molar-refractivity contribution < 1.29 is 16.7 Å². The molecule has 0 spiro atoms. The Morgan fingerprint density at radius 3 is 1.45 bits per heavy atom. The number of halogens is 3. The summed E-state index contributed by atoms with van der Waals surface area (Å²) in [4.78, 5) is 9.51. The van der Waals surface area contributed by atoms with Crippen LogP contribution in [0.2, 0.25) is 0 Å². The van der Waals surface area contributed by atoms with Gasteiger partial charge in [-0.2, -0.15) is 0 Å². The predicted molar refractivity (Wildman–Crippen MR) is 42.7 cm³/mol. The molecule has 0 radical (unpaired) electrons.